The van der Waals surface area contributed by atoms with Crippen molar-refractivity contribution in [1.29, 1.82) is 5.26 Å². The number of carbonyl (C=O) groups excluding carboxylic acids is 1. The predicted octanol–water partition coefficient (Wildman–Crippen LogP) is 4.34. The van der Waals surface area contributed by atoms with E-state index in [0.717, 1.165) is 22.4 Å². The Bertz CT molecular complexity index is 1640. The third-order valence-electron chi connectivity index (χ3n) is 6.61. The lowest BCUT2D eigenvalue weighted by atomic mass is 10.1. The van der Waals surface area contributed by atoms with Gasteiger partial charge >= 0.3 is 6.09 Å². The largest absolute Gasteiger partial charge is 0.444 e. The van der Waals surface area contributed by atoms with E-state index < -0.39 is 5.60 Å². The monoisotopic (exact) mass is 549 g/mol. The quantitative estimate of drug-likeness (QED) is 0.361. The Morgan fingerprint density at radius 3 is 2.37 bits per heavy atom. The summed E-state index contributed by atoms with van der Waals surface area (Å²) in [5, 5.41) is 13.7. The van der Waals surface area contributed by atoms with Crippen molar-refractivity contribution in [2.75, 3.05) is 31.1 Å². The van der Waals surface area contributed by atoms with Gasteiger partial charge in [0.25, 0.3) is 5.56 Å². The van der Waals surface area contributed by atoms with Crippen molar-refractivity contribution in [2.45, 2.75) is 32.9 Å². The first-order chi connectivity index (χ1) is 19.7. The van der Waals surface area contributed by atoms with Gasteiger partial charge in [-0.25, -0.2) is 19.4 Å². The molecule has 5 rings (SSSR count). The summed E-state index contributed by atoms with van der Waals surface area (Å²) in [6, 6.07) is 20.1. The Hall–Kier alpha value is -5.04. The highest BCUT2D eigenvalue weighted by molar-refractivity contribution is 5.68. The molecule has 1 aliphatic rings. The smallest absolute Gasteiger partial charge is 0.410 e. The van der Waals surface area contributed by atoms with Crippen LogP contribution in [0.25, 0.3) is 22.6 Å². The summed E-state index contributed by atoms with van der Waals surface area (Å²) in [6.07, 6.45) is 3.30. The number of amides is 1. The zero-order valence-electron chi connectivity index (χ0n) is 23.3. The molecule has 0 atom stereocenters. The first-order valence-electron chi connectivity index (χ1n) is 13.4. The first kappa shape index (κ1) is 27.5. The molecule has 3 heterocycles. The lowest BCUT2D eigenvalue weighted by Crippen LogP contribution is -2.50. The molecule has 0 aliphatic carbocycles. The van der Waals surface area contributed by atoms with Crippen LogP contribution in [0.2, 0.25) is 0 Å². The van der Waals surface area contributed by atoms with Crippen molar-refractivity contribution in [1.82, 2.24) is 24.6 Å². The molecule has 0 saturated carbocycles. The van der Waals surface area contributed by atoms with E-state index in [-0.39, 0.29) is 18.2 Å². The van der Waals surface area contributed by atoms with Crippen LogP contribution in [0.3, 0.4) is 0 Å². The fraction of sp³-hybridized carbons (Fsp3) is 0.290. The summed E-state index contributed by atoms with van der Waals surface area (Å²) in [4.78, 5) is 38.0. The minimum atomic E-state index is -0.517. The van der Waals surface area contributed by atoms with Gasteiger partial charge in [-0.15, -0.1) is 0 Å². The highest BCUT2D eigenvalue weighted by Crippen LogP contribution is 2.22. The van der Waals surface area contributed by atoms with Crippen LogP contribution in [-0.4, -0.2) is 62.5 Å². The van der Waals surface area contributed by atoms with Crippen LogP contribution in [0, 0.1) is 11.3 Å². The Labute approximate surface area is 238 Å². The van der Waals surface area contributed by atoms with Crippen LogP contribution < -0.4 is 10.5 Å². The van der Waals surface area contributed by atoms with E-state index in [1.165, 1.54) is 10.7 Å². The van der Waals surface area contributed by atoms with Gasteiger partial charge in [-0.2, -0.15) is 10.4 Å². The van der Waals surface area contributed by atoms with E-state index in [9.17, 15) is 14.9 Å². The second-order valence-electron chi connectivity index (χ2n) is 10.8. The molecule has 1 fully saturated rings. The molecule has 4 aromatic rings. The molecule has 1 aliphatic heterocycles. The Balaban J connectivity index is 1.26. The molecule has 1 saturated heterocycles. The molecule has 0 radical (unpaired) electrons. The van der Waals surface area contributed by atoms with Gasteiger partial charge in [-0.1, -0.05) is 30.3 Å². The molecular weight excluding hydrogens is 518 g/mol. The van der Waals surface area contributed by atoms with Crippen molar-refractivity contribution >= 4 is 11.8 Å². The summed E-state index contributed by atoms with van der Waals surface area (Å²) in [7, 11) is 0. The number of carbonyl (C=O) groups is 1. The average Bonchev–Trinajstić information content (AvgIpc) is 2.98. The molecule has 0 spiro atoms. The molecule has 1 amide bonds. The van der Waals surface area contributed by atoms with Crippen LogP contribution in [0.15, 0.2) is 77.9 Å². The van der Waals surface area contributed by atoms with Gasteiger partial charge < -0.3 is 14.5 Å². The summed E-state index contributed by atoms with van der Waals surface area (Å²) >= 11 is 0. The molecule has 10 nitrogen and oxygen atoms in total. The van der Waals surface area contributed by atoms with Gasteiger partial charge in [0.15, 0.2) is 5.82 Å². The van der Waals surface area contributed by atoms with Crippen molar-refractivity contribution in [2.24, 2.45) is 0 Å². The first-order valence-corrected chi connectivity index (χ1v) is 13.4. The highest BCUT2D eigenvalue weighted by Gasteiger charge is 2.26. The molecular formula is C31H31N7O3. The molecule has 2 aromatic heterocycles. The number of hydrogen-bond donors (Lipinski definition) is 0. The Morgan fingerprint density at radius 2 is 1.66 bits per heavy atom. The molecule has 41 heavy (non-hydrogen) atoms. The molecule has 0 N–H and O–H groups in total. The number of ether oxygens (including phenoxy) is 1. The van der Waals surface area contributed by atoms with Gasteiger partial charge in [0, 0.05) is 43.4 Å². The lowest BCUT2D eigenvalue weighted by Gasteiger charge is -2.36. The minimum Gasteiger partial charge on any atom is -0.444 e. The summed E-state index contributed by atoms with van der Waals surface area (Å²) in [5.74, 6) is 0.574. The van der Waals surface area contributed by atoms with E-state index in [2.05, 4.69) is 26.0 Å². The fourth-order valence-electron chi connectivity index (χ4n) is 4.55. The number of nitrogens with zero attached hydrogens (tertiary/aromatic N) is 7. The van der Waals surface area contributed by atoms with Crippen LogP contribution in [0.1, 0.15) is 31.9 Å². The highest BCUT2D eigenvalue weighted by atomic mass is 16.6. The van der Waals surface area contributed by atoms with E-state index in [1.807, 2.05) is 51.1 Å². The van der Waals surface area contributed by atoms with Gasteiger partial charge in [0.05, 0.1) is 42.0 Å². The summed E-state index contributed by atoms with van der Waals surface area (Å²) < 4.78 is 6.89. The maximum atomic E-state index is 12.6. The normalized spacial score (nSPS) is 13.5. The number of nitriles is 1. The van der Waals surface area contributed by atoms with Crippen LogP contribution in [-0.2, 0) is 11.3 Å². The van der Waals surface area contributed by atoms with E-state index in [0.29, 0.717) is 43.3 Å². The van der Waals surface area contributed by atoms with Gasteiger partial charge in [0.2, 0.25) is 0 Å². The van der Waals surface area contributed by atoms with E-state index in [1.54, 1.807) is 41.6 Å². The third-order valence-corrected chi connectivity index (χ3v) is 6.61. The summed E-state index contributed by atoms with van der Waals surface area (Å²) in [6.45, 7) is 8.33. The third kappa shape index (κ3) is 6.76. The number of aromatic nitrogens is 4. The maximum Gasteiger partial charge on any atom is 0.410 e. The average molecular weight is 550 g/mol. The number of hydrogen-bond acceptors (Lipinski definition) is 8. The van der Waals surface area contributed by atoms with Gasteiger partial charge in [-0.3, -0.25) is 4.79 Å². The lowest BCUT2D eigenvalue weighted by molar-refractivity contribution is 0.0240. The van der Waals surface area contributed by atoms with E-state index in [4.69, 9.17) is 4.74 Å². The molecule has 208 valence electrons. The van der Waals surface area contributed by atoms with Crippen molar-refractivity contribution in [3.05, 3.63) is 94.5 Å². The molecule has 2 aromatic carbocycles. The van der Waals surface area contributed by atoms with Crippen molar-refractivity contribution in [3.63, 3.8) is 0 Å². The second-order valence-corrected chi connectivity index (χ2v) is 10.8. The maximum absolute atomic E-state index is 12.6. The van der Waals surface area contributed by atoms with Crippen molar-refractivity contribution < 1.29 is 9.53 Å². The standard InChI is InChI=1S/C31H31N7O3/c1-31(2,3)41-30(40)37-14-12-36(13-15-37)26-19-33-29(34-20-26)25-9-5-7-23(17-25)21-38-28(39)11-10-27(35-38)24-8-4-6-22(16-24)18-32/h4-11,16-17,19-20H,12-15,21H2,1-3H3. The summed E-state index contributed by atoms with van der Waals surface area (Å²) in [5.41, 5.74) is 3.78. The number of piperazine rings is 1. The SMILES string of the molecule is CC(C)(C)OC(=O)N1CCN(c2cnc(-c3cccc(Cn4nc(-c5cccc(C#N)c5)ccc4=O)c3)nc2)CC1. The second kappa shape index (κ2) is 11.6. The van der Waals surface area contributed by atoms with Crippen LogP contribution >= 0.6 is 0 Å². The fourth-order valence-corrected chi connectivity index (χ4v) is 4.55. The van der Waals surface area contributed by atoms with Gasteiger partial charge in [0.1, 0.15) is 5.60 Å². The predicted molar refractivity (Wildman–Crippen MR) is 155 cm³/mol. The minimum absolute atomic E-state index is 0.219. The number of rotatable bonds is 5. The zero-order valence-corrected chi connectivity index (χ0v) is 23.3. The number of benzene rings is 2. The Morgan fingerprint density at radius 1 is 0.951 bits per heavy atom. The topological polar surface area (TPSA) is 117 Å². The molecule has 0 unspecified atom stereocenters. The van der Waals surface area contributed by atoms with Crippen LogP contribution in [0.4, 0.5) is 10.5 Å². The van der Waals surface area contributed by atoms with Crippen LogP contribution in [0.5, 0.6) is 0 Å². The zero-order chi connectivity index (χ0) is 29.0. The van der Waals surface area contributed by atoms with Gasteiger partial charge in [-0.05, 0) is 50.6 Å². The molecule has 10 heteroatoms. The Kier molecular flexibility index (Phi) is 7.79. The number of anilines is 1. The van der Waals surface area contributed by atoms with E-state index >= 15 is 0 Å². The molecule has 0 bridgehead atoms. The van der Waals surface area contributed by atoms with Crippen molar-refractivity contribution in [3.8, 4) is 28.7 Å².